The molecule has 4 aliphatic rings. The van der Waals surface area contributed by atoms with Gasteiger partial charge in [-0.05, 0) is 137 Å². The molecule has 4 fully saturated rings. The minimum Gasteiger partial charge on any atom is -0.461 e. The lowest BCUT2D eigenvalue weighted by Crippen LogP contribution is -2.57. The maximum atomic E-state index is 17.0. The van der Waals surface area contributed by atoms with Crippen molar-refractivity contribution in [1.29, 1.82) is 5.41 Å². The Balaban J connectivity index is 1.43. The van der Waals surface area contributed by atoms with Crippen LogP contribution in [0.5, 0.6) is 6.01 Å². The number of aryl methyl sites for hydroxylation is 1. The van der Waals surface area contributed by atoms with Crippen LogP contribution in [0, 0.1) is 19.3 Å². The fourth-order valence-electron chi connectivity index (χ4n) is 8.17. The molecule has 2 bridgehead atoms. The van der Waals surface area contributed by atoms with Gasteiger partial charge in [-0.1, -0.05) is 0 Å². The standard InChI is InChI=1S/C36H49FIN8O3P/c1-22-15-30(43-50-38)27(17-39)26(23(22)2)16-29(37)31-28(18-40-6)32(42-33(41-31)48-21-36-11-7-13-45(36)14-8-12-36)44-19-24-9-10-25(20-44)46(24)34(47)49-35(3,4)5/h15-18,24-25,39,43,50H,7-14,19-21H2,1-6H3/b29-16-,39-17?,40-18?. The first kappa shape index (κ1) is 36.9. The van der Waals surface area contributed by atoms with Gasteiger partial charge in [0.25, 0.3) is 0 Å². The van der Waals surface area contributed by atoms with E-state index in [0.29, 0.717) is 48.6 Å². The van der Waals surface area contributed by atoms with Crippen molar-refractivity contribution in [2.75, 3.05) is 49.8 Å². The molecule has 4 saturated heterocycles. The van der Waals surface area contributed by atoms with Crippen LogP contribution < -0.4 is 14.7 Å². The number of ether oxygens (including phenoxy) is 2. The van der Waals surface area contributed by atoms with Crippen molar-refractivity contribution in [3.8, 4) is 6.01 Å². The molecule has 6 rings (SSSR count). The summed E-state index contributed by atoms with van der Waals surface area (Å²) in [5, 5.41) is 11.6. The number of nitrogens with zero attached hydrogens (tertiary/aromatic N) is 6. The summed E-state index contributed by atoms with van der Waals surface area (Å²) in [7, 11) is 1.65. The normalized spacial score (nSPS) is 22.2. The van der Waals surface area contributed by atoms with Gasteiger partial charge < -0.3 is 24.9 Å². The first-order valence-electron chi connectivity index (χ1n) is 17.5. The maximum Gasteiger partial charge on any atom is 0.410 e. The highest BCUT2D eigenvalue weighted by Crippen LogP contribution is 2.41. The Morgan fingerprint density at radius 1 is 1.16 bits per heavy atom. The summed E-state index contributed by atoms with van der Waals surface area (Å²) in [4.78, 5) is 33.8. The third-order valence-electron chi connectivity index (χ3n) is 10.6. The van der Waals surface area contributed by atoms with Gasteiger partial charge in [0.15, 0.2) is 0 Å². The second kappa shape index (κ2) is 15.0. The minimum absolute atomic E-state index is 0.0416. The number of benzene rings is 1. The SMILES string of the molecule is CN=Cc1c(/C(F)=C/c2c(C)c(C)cc(NPI)c2C=N)nc(OCC23CCCN2CCC3)nc1N1CC2CCC(C1)N2C(=O)OC(C)(C)C. The Labute approximate surface area is 309 Å². The second-order valence-corrected chi connectivity index (χ2v) is 17.0. The lowest BCUT2D eigenvalue weighted by atomic mass is 9.95. The van der Waals surface area contributed by atoms with Crippen LogP contribution in [0.3, 0.4) is 0 Å². The zero-order valence-corrected chi connectivity index (χ0v) is 33.1. The molecule has 1 amide bonds. The molecule has 2 N–H and O–H groups in total. The number of nitrogens with one attached hydrogen (secondary N) is 2. The second-order valence-electron chi connectivity index (χ2n) is 14.9. The number of carbonyl (C=O) groups excluding carboxylic acids is 1. The number of amides is 1. The predicted octanol–water partition coefficient (Wildman–Crippen LogP) is 7.56. The Morgan fingerprint density at radius 3 is 2.44 bits per heavy atom. The average Bonchev–Trinajstić information content (AvgIpc) is 3.73. The molecule has 0 saturated carbocycles. The lowest BCUT2D eigenvalue weighted by Gasteiger charge is -2.42. The van der Waals surface area contributed by atoms with E-state index < -0.39 is 11.4 Å². The number of anilines is 2. The molecule has 50 heavy (non-hydrogen) atoms. The molecule has 1 aromatic carbocycles. The average molecular weight is 819 g/mol. The van der Waals surface area contributed by atoms with E-state index in [1.54, 1.807) is 13.3 Å². The minimum atomic E-state index is -0.593. The molecule has 270 valence electrons. The van der Waals surface area contributed by atoms with Crippen molar-refractivity contribution >= 4 is 70.3 Å². The molecule has 0 aliphatic carbocycles. The van der Waals surface area contributed by atoms with Crippen molar-refractivity contribution < 1.29 is 18.7 Å². The first-order chi connectivity index (χ1) is 23.9. The summed E-state index contributed by atoms with van der Waals surface area (Å²) in [6.45, 7) is 13.2. The Morgan fingerprint density at radius 2 is 1.84 bits per heavy atom. The zero-order valence-electron chi connectivity index (χ0n) is 29.9. The number of hydrogen-bond acceptors (Lipinski definition) is 10. The first-order valence-corrected chi connectivity index (χ1v) is 21.6. The third kappa shape index (κ3) is 7.37. The highest BCUT2D eigenvalue weighted by atomic mass is 127. The highest BCUT2D eigenvalue weighted by molar-refractivity contribution is 14.2. The molecule has 5 heterocycles. The Bertz CT molecular complexity index is 1670. The van der Waals surface area contributed by atoms with Gasteiger partial charge >= 0.3 is 12.1 Å². The molecule has 14 heteroatoms. The van der Waals surface area contributed by atoms with Gasteiger partial charge in [0.1, 0.15) is 29.5 Å². The number of rotatable bonds is 10. The maximum absolute atomic E-state index is 17.0. The van der Waals surface area contributed by atoms with Gasteiger partial charge in [-0.2, -0.15) is 9.97 Å². The van der Waals surface area contributed by atoms with E-state index in [9.17, 15) is 4.79 Å². The van der Waals surface area contributed by atoms with E-state index >= 15 is 4.39 Å². The molecular weight excluding hydrogens is 769 g/mol. The number of hydrogen-bond donors (Lipinski definition) is 2. The molecule has 0 spiro atoms. The fraction of sp³-hybridized carbons (Fsp3) is 0.583. The van der Waals surface area contributed by atoms with Crippen molar-refractivity contribution in [3.05, 3.63) is 39.6 Å². The van der Waals surface area contributed by atoms with Crippen molar-refractivity contribution in [2.24, 2.45) is 4.99 Å². The molecule has 2 aromatic rings. The molecule has 3 unspecified atom stereocenters. The van der Waals surface area contributed by atoms with Crippen molar-refractivity contribution in [2.45, 2.75) is 96.4 Å². The van der Waals surface area contributed by atoms with Crippen molar-refractivity contribution in [3.63, 3.8) is 0 Å². The molecule has 4 aliphatic heterocycles. The van der Waals surface area contributed by atoms with E-state index in [0.717, 1.165) is 68.4 Å². The van der Waals surface area contributed by atoms with Crippen LogP contribution in [0.25, 0.3) is 11.9 Å². The largest absolute Gasteiger partial charge is 0.461 e. The molecule has 0 radical (unpaired) electrons. The van der Waals surface area contributed by atoms with Gasteiger partial charge in [0.2, 0.25) is 0 Å². The summed E-state index contributed by atoms with van der Waals surface area (Å²) in [5.74, 6) is -0.0289. The lowest BCUT2D eigenvalue weighted by molar-refractivity contribution is 0.0122. The number of halogens is 2. The van der Waals surface area contributed by atoms with Crippen LogP contribution in [-0.2, 0) is 4.74 Å². The number of carbonyl (C=O) groups is 1. The van der Waals surface area contributed by atoms with Crippen LogP contribution in [-0.4, -0.2) is 101 Å². The summed E-state index contributed by atoms with van der Waals surface area (Å²) >= 11 is 2.25. The number of aliphatic imine (C=N–C) groups is 1. The molecule has 3 atom stereocenters. The van der Waals surface area contributed by atoms with Gasteiger partial charge in [-0.15, -0.1) is 0 Å². The number of piperazine rings is 1. The predicted molar refractivity (Wildman–Crippen MR) is 210 cm³/mol. The summed E-state index contributed by atoms with van der Waals surface area (Å²) in [6, 6.07) is 1.98. The summed E-state index contributed by atoms with van der Waals surface area (Å²) < 4.78 is 29.2. The topological polar surface area (TPSA) is 119 Å². The van der Waals surface area contributed by atoms with E-state index in [4.69, 9.17) is 24.9 Å². The van der Waals surface area contributed by atoms with Crippen LogP contribution in [0.4, 0.5) is 20.7 Å². The number of aromatic nitrogens is 2. The van der Waals surface area contributed by atoms with Gasteiger partial charge in [-0.25, -0.2) is 9.18 Å². The quantitative estimate of drug-likeness (QED) is 0.143. The molecular formula is C36H49FIN8O3P. The zero-order chi connectivity index (χ0) is 35.8. The van der Waals surface area contributed by atoms with Gasteiger partial charge in [-0.3, -0.25) is 14.8 Å². The smallest absolute Gasteiger partial charge is 0.410 e. The summed E-state index contributed by atoms with van der Waals surface area (Å²) in [5.41, 5.74) is 3.80. The van der Waals surface area contributed by atoms with Crippen molar-refractivity contribution in [1.82, 2.24) is 19.8 Å². The van der Waals surface area contributed by atoms with Crippen LogP contribution >= 0.6 is 28.4 Å². The summed E-state index contributed by atoms with van der Waals surface area (Å²) in [6.07, 6.45) is 10.5. The van der Waals surface area contributed by atoms with E-state index in [-0.39, 0.29) is 35.4 Å². The van der Waals surface area contributed by atoms with Crippen LogP contribution in [0.2, 0.25) is 0 Å². The van der Waals surface area contributed by atoms with Gasteiger partial charge in [0, 0.05) is 50.2 Å². The van der Waals surface area contributed by atoms with Crippen LogP contribution in [0.15, 0.2) is 11.1 Å². The van der Waals surface area contributed by atoms with E-state index in [1.807, 2.05) is 45.6 Å². The highest BCUT2D eigenvalue weighted by Gasteiger charge is 2.47. The fourth-order valence-corrected chi connectivity index (χ4v) is 9.35. The van der Waals surface area contributed by atoms with Gasteiger partial charge in [0.05, 0.1) is 23.2 Å². The van der Waals surface area contributed by atoms with Crippen LogP contribution in [0.1, 0.15) is 92.8 Å². The van der Waals surface area contributed by atoms with E-state index in [2.05, 4.69) is 41.9 Å². The monoisotopic (exact) mass is 818 g/mol. The molecule has 1 aromatic heterocycles. The third-order valence-corrected chi connectivity index (χ3v) is 11.8. The Kier molecular flexibility index (Phi) is 11.1. The number of fused-ring (bicyclic) bond motifs is 3. The van der Waals surface area contributed by atoms with E-state index in [1.165, 1.54) is 12.3 Å². The Hall–Kier alpha value is -2.90. The molecule has 11 nitrogen and oxygen atoms in total.